The van der Waals surface area contributed by atoms with E-state index in [0.29, 0.717) is 11.3 Å². The molecule has 6 atom stereocenters. The number of carbonyl (C=O) groups excluding carboxylic acids is 4. The number of nitrogens with zero attached hydrogens (tertiary/aromatic N) is 2. The number of fused-ring (bicyclic) bond motifs is 4. The highest BCUT2D eigenvalue weighted by molar-refractivity contribution is 6.58. The van der Waals surface area contributed by atoms with Crippen LogP contribution in [0.4, 0.5) is 10.1 Å². The van der Waals surface area contributed by atoms with Gasteiger partial charge >= 0.3 is 0 Å². The van der Waals surface area contributed by atoms with Gasteiger partial charge in [-0.15, -0.1) is 23.2 Å². The molecule has 0 spiro atoms. The minimum Gasteiger partial charge on any atom is -0.508 e. The van der Waals surface area contributed by atoms with E-state index in [2.05, 4.69) is 0 Å². The van der Waals surface area contributed by atoms with Crippen molar-refractivity contribution in [2.45, 2.75) is 73.3 Å². The minimum atomic E-state index is -2.15. The second-order valence-electron chi connectivity index (χ2n) is 14.1. The van der Waals surface area contributed by atoms with Gasteiger partial charge in [-0.3, -0.25) is 24.1 Å². The lowest BCUT2D eigenvalue weighted by molar-refractivity contribution is -0.143. The number of aromatic hydroxyl groups is 1. The summed E-state index contributed by atoms with van der Waals surface area (Å²) in [5, 5.41) is 11.6. The van der Waals surface area contributed by atoms with Crippen molar-refractivity contribution >= 4 is 52.5 Å². The van der Waals surface area contributed by atoms with Gasteiger partial charge in [0.1, 0.15) is 23.9 Å². The Kier molecular flexibility index (Phi) is 8.07. The van der Waals surface area contributed by atoms with Gasteiger partial charge in [0.25, 0.3) is 11.8 Å². The Balaban J connectivity index is 1.23. The van der Waals surface area contributed by atoms with E-state index in [1.54, 1.807) is 12.1 Å². The van der Waals surface area contributed by atoms with Crippen LogP contribution in [-0.4, -0.2) is 49.4 Å². The molecule has 5 aliphatic rings. The predicted octanol–water partition coefficient (Wildman–Crippen LogP) is 7.01. The van der Waals surface area contributed by atoms with Crippen LogP contribution in [0.5, 0.6) is 11.5 Å². The predicted molar refractivity (Wildman–Crippen MR) is 184 cm³/mol. The number of hydrogen-bond donors (Lipinski definition) is 1. The maximum absolute atomic E-state index is 14.6. The molecule has 8 rings (SSSR count). The number of imide groups is 2. The Morgan fingerprint density at radius 1 is 0.860 bits per heavy atom. The van der Waals surface area contributed by atoms with Crippen LogP contribution in [-0.2, 0) is 25.8 Å². The fourth-order valence-corrected chi connectivity index (χ4v) is 9.99. The van der Waals surface area contributed by atoms with Gasteiger partial charge in [-0.05, 0) is 67.5 Å². The fourth-order valence-electron chi connectivity index (χ4n) is 9.07. The van der Waals surface area contributed by atoms with Crippen LogP contribution >= 0.6 is 23.2 Å². The third-order valence-corrected chi connectivity index (χ3v) is 12.8. The van der Waals surface area contributed by atoms with Crippen molar-refractivity contribution in [1.82, 2.24) is 4.90 Å². The van der Waals surface area contributed by atoms with E-state index >= 15 is 0 Å². The molecule has 258 valence electrons. The number of phenolic OH excluding ortho intramolecular Hbond substituents is 1. The summed E-state index contributed by atoms with van der Waals surface area (Å²) < 4.78 is 19.9. The summed E-state index contributed by atoms with van der Waals surface area (Å²) in [6, 6.07) is 18.9. The molecule has 3 aliphatic carbocycles. The molecule has 3 aromatic carbocycles. The van der Waals surface area contributed by atoms with E-state index in [0.717, 1.165) is 54.7 Å². The van der Waals surface area contributed by atoms with Crippen LogP contribution < -0.4 is 9.64 Å². The number of alkyl halides is 2. The topological polar surface area (TPSA) is 104 Å². The highest BCUT2D eigenvalue weighted by Crippen LogP contribution is 2.66. The highest BCUT2D eigenvalue weighted by Gasteiger charge is 2.77. The Morgan fingerprint density at radius 2 is 1.58 bits per heavy atom. The molecule has 2 saturated heterocycles. The molecule has 8 nitrogen and oxygen atoms in total. The zero-order valence-electron chi connectivity index (χ0n) is 27.1. The number of likely N-dealkylation sites (tertiary alicyclic amines) is 1. The molecule has 2 saturated carbocycles. The maximum atomic E-state index is 14.6. The van der Waals surface area contributed by atoms with Gasteiger partial charge in [-0.2, -0.15) is 0 Å². The molecular formula is C39H35Cl2FN2O6. The molecule has 3 aromatic rings. The van der Waals surface area contributed by atoms with Crippen molar-refractivity contribution in [3.63, 3.8) is 0 Å². The lowest BCUT2D eigenvalue weighted by atomic mass is 9.56. The number of carbonyl (C=O) groups is 4. The summed E-state index contributed by atoms with van der Waals surface area (Å²) in [7, 11) is 0. The van der Waals surface area contributed by atoms with Crippen LogP contribution in [0.3, 0.4) is 0 Å². The first-order valence-corrected chi connectivity index (χ1v) is 17.9. The molecule has 2 heterocycles. The van der Waals surface area contributed by atoms with Crippen molar-refractivity contribution < 1.29 is 33.4 Å². The SMILES string of the molecule is O=C1[C@H]2[C@H](CC=C3[C@H]2C[C@@]2(Cl)C(=O)N(c4ccc(F)cc4)C(=O)[C@@]2(Cl)[C@H]3c2ccc(OCc3ccccc3)cc2O)C(=O)N1C1CCCCC1. The van der Waals surface area contributed by atoms with Crippen LogP contribution in [0.2, 0.25) is 0 Å². The second-order valence-corrected chi connectivity index (χ2v) is 15.3. The van der Waals surface area contributed by atoms with Crippen molar-refractivity contribution in [3.05, 3.63) is 101 Å². The van der Waals surface area contributed by atoms with E-state index in [1.807, 2.05) is 36.4 Å². The Bertz CT molecular complexity index is 1930. The molecule has 0 bridgehead atoms. The number of hydrogen-bond acceptors (Lipinski definition) is 6. The molecule has 0 unspecified atom stereocenters. The maximum Gasteiger partial charge on any atom is 0.258 e. The van der Waals surface area contributed by atoms with E-state index in [9.17, 15) is 28.7 Å². The molecule has 1 N–H and O–H groups in total. The smallest absolute Gasteiger partial charge is 0.258 e. The van der Waals surface area contributed by atoms with Crippen molar-refractivity contribution in [2.24, 2.45) is 17.8 Å². The van der Waals surface area contributed by atoms with Gasteiger partial charge in [-0.1, -0.05) is 67.3 Å². The van der Waals surface area contributed by atoms with Gasteiger partial charge in [0.15, 0.2) is 9.75 Å². The van der Waals surface area contributed by atoms with Gasteiger partial charge in [0, 0.05) is 23.6 Å². The van der Waals surface area contributed by atoms with Crippen LogP contribution in [0.15, 0.2) is 84.4 Å². The second kappa shape index (κ2) is 12.2. The average Bonchev–Trinajstić information content (AvgIpc) is 3.46. The summed E-state index contributed by atoms with van der Waals surface area (Å²) in [4.78, 5) is 55.4. The van der Waals surface area contributed by atoms with Crippen molar-refractivity contribution in [1.29, 1.82) is 0 Å². The van der Waals surface area contributed by atoms with E-state index < -0.39 is 51.1 Å². The molecule has 0 radical (unpaired) electrons. The molecule has 2 aliphatic heterocycles. The quantitative estimate of drug-likeness (QED) is 0.167. The lowest BCUT2D eigenvalue weighted by Crippen LogP contribution is -2.60. The van der Waals surface area contributed by atoms with E-state index in [-0.39, 0.29) is 54.3 Å². The summed E-state index contributed by atoms with van der Waals surface area (Å²) in [5.41, 5.74) is 1.83. The summed E-state index contributed by atoms with van der Waals surface area (Å²) in [6.07, 6.45) is 6.35. The van der Waals surface area contributed by atoms with Crippen LogP contribution in [0, 0.1) is 23.6 Å². The number of benzene rings is 3. The third kappa shape index (κ3) is 4.83. The number of phenols is 1. The first-order valence-electron chi connectivity index (χ1n) is 17.1. The highest BCUT2D eigenvalue weighted by atomic mass is 35.5. The summed E-state index contributed by atoms with van der Waals surface area (Å²) >= 11 is 14.9. The third-order valence-electron chi connectivity index (χ3n) is 11.4. The number of halogens is 3. The van der Waals surface area contributed by atoms with Crippen LogP contribution in [0.1, 0.15) is 62.0 Å². The summed E-state index contributed by atoms with van der Waals surface area (Å²) in [5.74, 6) is -5.86. The van der Waals surface area contributed by atoms with Gasteiger partial charge in [0.2, 0.25) is 11.8 Å². The number of amides is 4. The fraction of sp³-hybridized carbons (Fsp3) is 0.385. The lowest BCUT2D eigenvalue weighted by Gasteiger charge is -2.50. The Labute approximate surface area is 298 Å². The van der Waals surface area contributed by atoms with Gasteiger partial charge in [0.05, 0.1) is 17.5 Å². The largest absolute Gasteiger partial charge is 0.508 e. The number of allylic oxidation sites excluding steroid dienone is 2. The molecule has 4 amide bonds. The van der Waals surface area contributed by atoms with Crippen molar-refractivity contribution in [3.8, 4) is 11.5 Å². The molecule has 0 aromatic heterocycles. The number of rotatable bonds is 6. The van der Waals surface area contributed by atoms with Gasteiger partial charge in [-0.25, -0.2) is 9.29 Å². The summed E-state index contributed by atoms with van der Waals surface area (Å²) in [6.45, 7) is 0.247. The Morgan fingerprint density at radius 3 is 2.28 bits per heavy atom. The first-order chi connectivity index (χ1) is 24.0. The molecule has 4 fully saturated rings. The van der Waals surface area contributed by atoms with Crippen molar-refractivity contribution in [2.75, 3.05) is 4.90 Å². The standard InChI is InChI=1S/C39H35Cl2FN2O6/c40-38-20-30-27(17-18-29-32(30)35(47)43(34(29)46)24-9-5-2-6-10-24)33(28-16-15-26(19-31(28)45)50-21-22-7-3-1-4-8-22)39(38,41)37(49)44(36(38)48)25-13-11-23(42)12-14-25/h1,3-4,7-8,11-17,19,24,29-30,32-33,45H,2,5-6,9-10,18,20-21H2/t29-,30+,32-,33+,38+,39-/m0/s1. The molecule has 50 heavy (non-hydrogen) atoms. The first kappa shape index (κ1) is 33.0. The molecule has 11 heteroatoms. The molecular weight excluding hydrogens is 682 g/mol. The van der Waals surface area contributed by atoms with E-state index in [4.69, 9.17) is 27.9 Å². The number of ether oxygens (including phenoxy) is 1. The average molecular weight is 718 g/mol. The Hall–Kier alpha value is -4.21. The minimum absolute atomic E-state index is 0.0916. The zero-order valence-corrected chi connectivity index (χ0v) is 28.6. The monoisotopic (exact) mass is 716 g/mol. The van der Waals surface area contributed by atoms with Crippen LogP contribution in [0.25, 0.3) is 0 Å². The van der Waals surface area contributed by atoms with E-state index in [1.165, 1.54) is 23.1 Å². The van der Waals surface area contributed by atoms with Gasteiger partial charge < -0.3 is 9.84 Å². The zero-order chi connectivity index (χ0) is 34.9. The normalized spacial score (nSPS) is 31.0. The number of anilines is 1.